The molecule has 0 amide bonds. The standard InChI is InChI=1S/C64H116O6/c1-4-7-10-13-16-19-22-25-28-29-30-31-32-33-34-37-39-42-45-48-51-54-57-63(66)69-60-61(70-64(67)58-55-52-49-46-43-40-36-27-24-21-18-15-12-9-6-3)59-68-62(65)56-53-50-47-44-41-38-35-26-23-20-17-14-11-8-5-2/h17-18,20-21,26-27,35-36,61H,4-16,19,22-25,28-34,37-60H2,1-3H3/b20-17-,21-18-,35-26-,36-27-. The molecule has 0 saturated heterocycles. The highest BCUT2D eigenvalue weighted by molar-refractivity contribution is 5.71. The molecule has 6 nitrogen and oxygen atoms in total. The van der Waals surface area contributed by atoms with Gasteiger partial charge in [0.25, 0.3) is 0 Å². The van der Waals surface area contributed by atoms with Gasteiger partial charge in [0.05, 0.1) is 0 Å². The van der Waals surface area contributed by atoms with Crippen molar-refractivity contribution >= 4 is 17.9 Å². The van der Waals surface area contributed by atoms with E-state index in [1.165, 1.54) is 180 Å². The third kappa shape index (κ3) is 56.3. The highest BCUT2D eigenvalue weighted by atomic mass is 16.6. The summed E-state index contributed by atoms with van der Waals surface area (Å²) >= 11 is 0. The van der Waals surface area contributed by atoms with Crippen LogP contribution in [-0.2, 0) is 28.6 Å². The lowest BCUT2D eigenvalue weighted by Crippen LogP contribution is -2.30. The minimum Gasteiger partial charge on any atom is -0.462 e. The summed E-state index contributed by atoms with van der Waals surface area (Å²) < 4.78 is 16.9. The molecule has 0 radical (unpaired) electrons. The van der Waals surface area contributed by atoms with Crippen LogP contribution in [0.2, 0.25) is 0 Å². The van der Waals surface area contributed by atoms with Crippen LogP contribution in [0.1, 0.15) is 323 Å². The van der Waals surface area contributed by atoms with E-state index < -0.39 is 6.10 Å². The van der Waals surface area contributed by atoms with Crippen molar-refractivity contribution in [3.8, 4) is 0 Å². The molecular weight excluding hydrogens is 865 g/mol. The van der Waals surface area contributed by atoms with E-state index in [0.29, 0.717) is 19.3 Å². The molecule has 0 aromatic heterocycles. The van der Waals surface area contributed by atoms with Crippen LogP contribution in [0, 0.1) is 0 Å². The molecule has 70 heavy (non-hydrogen) atoms. The minimum atomic E-state index is -0.785. The summed E-state index contributed by atoms with van der Waals surface area (Å²) in [6, 6.07) is 0. The third-order valence-electron chi connectivity index (χ3n) is 13.6. The maximum atomic E-state index is 12.9. The van der Waals surface area contributed by atoms with Crippen molar-refractivity contribution < 1.29 is 28.6 Å². The van der Waals surface area contributed by atoms with Crippen molar-refractivity contribution in [2.24, 2.45) is 0 Å². The zero-order chi connectivity index (χ0) is 50.7. The number of allylic oxidation sites excluding steroid dienone is 8. The monoisotopic (exact) mass is 981 g/mol. The van der Waals surface area contributed by atoms with Crippen LogP contribution in [0.15, 0.2) is 48.6 Å². The van der Waals surface area contributed by atoms with Crippen LogP contribution < -0.4 is 0 Å². The van der Waals surface area contributed by atoms with Gasteiger partial charge in [-0.25, -0.2) is 0 Å². The molecule has 0 aliphatic rings. The van der Waals surface area contributed by atoms with Crippen LogP contribution in [0.25, 0.3) is 0 Å². The number of esters is 3. The van der Waals surface area contributed by atoms with Gasteiger partial charge >= 0.3 is 17.9 Å². The molecule has 1 unspecified atom stereocenters. The first-order chi connectivity index (χ1) is 34.5. The van der Waals surface area contributed by atoms with Crippen molar-refractivity contribution in [2.75, 3.05) is 13.2 Å². The zero-order valence-corrected chi connectivity index (χ0v) is 46.8. The Morgan fingerprint density at radius 1 is 0.286 bits per heavy atom. The molecule has 0 spiro atoms. The Kier molecular flexibility index (Phi) is 56.7. The normalized spacial score (nSPS) is 12.3. The Labute approximate surface area is 435 Å². The van der Waals surface area contributed by atoms with E-state index in [1.54, 1.807) is 0 Å². The summed E-state index contributed by atoms with van der Waals surface area (Å²) in [7, 11) is 0. The second-order valence-electron chi connectivity index (χ2n) is 20.6. The Morgan fingerprint density at radius 2 is 0.514 bits per heavy atom. The molecule has 0 saturated carbocycles. The maximum Gasteiger partial charge on any atom is 0.306 e. The average molecular weight is 982 g/mol. The van der Waals surface area contributed by atoms with Crippen molar-refractivity contribution in [3.63, 3.8) is 0 Å². The third-order valence-corrected chi connectivity index (χ3v) is 13.6. The molecule has 408 valence electrons. The largest absolute Gasteiger partial charge is 0.462 e. The fourth-order valence-electron chi connectivity index (χ4n) is 8.92. The molecule has 0 aliphatic heterocycles. The molecule has 0 aromatic rings. The Morgan fingerprint density at radius 3 is 0.814 bits per heavy atom. The molecule has 0 aliphatic carbocycles. The van der Waals surface area contributed by atoms with Gasteiger partial charge < -0.3 is 14.2 Å². The van der Waals surface area contributed by atoms with Crippen LogP contribution in [0.3, 0.4) is 0 Å². The second-order valence-corrected chi connectivity index (χ2v) is 20.6. The quantitative estimate of drug-likeness (QED) is 0.0261. The highest BCUT2D eigenvalue weighted by Crippen LogP contribution is 2.17. The summed E-state index contributed by atoms with van der Waals surface area (Å²) in [5.74, 6) is -0.892. The van der Waals surface area contributed by atoms with E-state index in [9.17, 15) is 14.4 Å². The molecule has 0 bridgehead atoms. The first-order valence-corrected chi connectivity index (χ1v) is 30.6. The average Bonchev–Trinajstić information content (AvgIpc) is 3.36. The van der Waals surface area contributed by atoms with E-state index in [4.69, 9.17) is 14.2 Å². The van der Waals surface area contributed by atoms with Crippen LogP contribution >= 0.6 is 0 Å². The van der Waals surface area contributed by atoms with Gasteiger partial charge in [-0.3, -0.25) is 14.4 Å². The van der Waals surface area contributed by atoms with Crippen molar-refractivity contribution in [1.29, 1.82) is 0 Å². The number of ether oxygens (including phenoxy) is 3. The highest BCUT2D eigenvalue weighted by Gasteiger charge is 2.19. The SMILES string of the molecule is CCCCC/C=C\C/C=C\CCCCCCCC(=O)OCC(COC(=O)CCCCCCCCCCCCCCCCCCCCCCCC)OC(=O)CCCCCCC/C=C\C/C=C\CCCCC. The fraction of sp³-hybridized carbons (Fsp3) is 0.828. The predicted molar refractivity (Wildman–Crippen MR) is 302 cm³/mol. The number of hydrogen-bond donors (Lipinski definition) is 0. The van der Waals surface area contributed by atoms with Gasteiger partial charge in [0.2, 0.25) is 0 Å². The number of rotatable bonds is 56. The summed E-state index contributed by atoms with van der Waals surface area (Å²) in [6.45, 7) is 6.61. The lowest BCUT2D eigenvalue weighted by molar-refractivity contribution is -0.167. The molecule has 0 fully saturated rings. The molecule has 0 rings (SSSR count). The van der Waals surface area contributed by atoms with E-state index in [1.807, 2.05) is 0 Å². The van der Waals surface area contributed by atoms with Gasteiger partial charge in [0.15, 0.2) is 6.10 Å². The van der Waals surface area contributed by atoms with Crippen molar-refractivity contribution in [3.05, 3.63) is 48.6 Å². The summed E-state index contributed by atoms with van der Waals surface area (Å²) in [4.78, 5) is 38.2. The van der Waals surface area contributed by atoms with E-state index in [2.05, 4.69) is 69.4 Å². The molecule has 0 N–H and O–H groups in total. The molecule has 0 heterocycles. The topological polar surface area (TPSA) is 78.9 Å². The zero-order valence-electron chi connectivity index (χ0n) is 46.8. The summed E-state index contributed by atoms with van der Waals surface area (Å²) in [5.41, 5.74) is 0. The Bertz CT molecular complexity index is 1220. The van der Waals surface area contributed by atoms with Crippen LogP contribution in [0.4, 0.5) is 0 Å². The Balaban J connectivity index is 4.32. The van der Waals surface area contributed by atoms with Gasteiger partial charge in [-0.2, -0.15) is 0 Å². The first-order valence-electron chi connectivity index (χ1n) is 30.6. The van der Waals surface area contributed by atoms with Crippen LogP contribution in [-0.4, -0.2) is 37.2 Å². The minimum absolute atomic E-state index is 0.0803. The molecular formula is C64H116O6. The van der Waals surface area contributed by atoms with Crippen molar-refractivity contribution in [2.45, 2.75) is 329 Å². The molecule has 1 atom stereocenters. The van der Waals surface area contributed by atoms with Gasteiger partial charge in [-0.05, 0) is 83.5 Å². The van der Waals surface area contributed by atoms with E-state index >= 15 is 0 Å². The predicted octanol–water partition coefficient (Wildman–Crippen LogP) is 20.6. The number of carbonyl (C=O) groups is 3. The fourth-order valence-corrected chi connectivity index (χ4v) is 8.92. The number of carbonyl (C=O) groups excluding carboxylic acids is 3. The van der Waals surface area contributed by atoms with E-state index in [-0.39, 0.29) is 31.1 Å². The second kappa shape index (κ2) is 58.9. The van der Waals surface area contributed by atoms with Gasteiger partial charge in [-0.15, -0.1) is 0 Å². The van der Waals surface area contributed by atoms with Gasteiger partial charge in [0.1, 0.15) is 13.2 Å². The Hall–Kier alpha value is -2.63. The maximum absolute atomic E-state index is 12.9. The number of hydrogen-bond acceptors (Lipinski definition) is 6. The summed E-state index contributed by atoms with van der Waals surface area (Å²) in [6.07, 6.45) is 72.5. The smallest absolute Gasteiger partial charge is 0.306 e. The van der Waals surface area contributed by atoms with Crippen molar-refractivity contribution in [1.82, 2.24) is 0 Å². The lowest BCUT2D eigenvalue weighted by atomic mass is 10.0. The molecule has 0 aromatic carbocycles. The molecule has 6 heteroatoms. The van der Waals surface area contributed by atoms with Gasteiger partial charge in [-0.1, -0.05) is 268 Å². The summed E-state index contributed by atoms with van der Waals surface area (Å²) in [5, 5.41) is 0. The lowest BCUT2D eigenvalue weighted by Gasteiger charge is -2.18. The van der Waals surface area contributed by atoms with Gasteiger partial charge in [0, 0.05) is 19.3 Å². The van der Waals surface area contributed by atoms with Crippen LogP contribution in [0.5, 0.6) is 0 Å². The first kappa shape index (κ1) is 67.4. The number of unbranched alkanes of at least 4 members (excludes halogenated alkanes) is 37. The van der Waals surface area contributed by atoms with E-state index in [0.717, 1.165) is 103 Å².